The van der Waals surface area contributed by atoms with Crippen molar-refractivity contribution < 1.29 is 9.59 Å². The molecule has 0 radical (unpaired) electrons. The van der Waals surface area contributed by atoms with Gasteiger partial charge in [-0.15, -0.1) is 0 Å². The van der Waals surface area contributed by atoms with Crippen molar-refractivity contribution in [1.82, 2.24) is 10.2 Å². The fourth-order valence-corrected chi connectivity index (χ4v) is 5.19. The molecule has 2 amide bonds. The van der Waals surface area contributed by atoms with E-state index in [2.05, 4.69) is 36.3 Å². The second kappa shape index (κ2) is 10.3. The van der Waals surface area contributed by atoms with E-state index in [-0.39, 0.29) is 23.1 Å². The first-order valence-corrected chi connectivity index (χ1v) is 12.4. The van der Waals surface area contributed by atoms with Crippen LogP contribution in [0.5, 0.6) is 0 Å². The average molecular weight is 463 g/mol. The van der Waals surface area contributed by atoms with Gasteiger partial charge in [0.1, 0.15) is 11.9 Å². The molecule has 2 aromatic carbocycles. The van der Waals surface area contributed by atoms with Gasteiger partial charge in [-0.3, -0.25) is 14.5 Å². The number of benzene rings is 2. The van der Waals surface area contributed by atoms with E-state index in [4.69, 9.17) is 4.99 Å². The monoisotopic (exact) mass is 462 g/mol. The highest BCUT2D eigenvalue weighted by atomic mass is 32.2. The molecule has 2 aliphatic rings. The third kappa shape index (κ3) is 5.19. The number of hydrogen-bond donors (Lipinski definition) is 1. The smallest absolute Gasteiger partial charge is 0.270 e. The third-order valence-electron chi connectivity index (χ3n) is 5.77. The largest absolute Gasteiger partial charge is 0.355 e. The van der Waals surface area contributed by atoms with Crippen LogP contribution in [0.15, 0.2) is 64.6 Å². The summed E-state index contributed by atoms with van der Waals surface area (Å²) in [7, 11) is 0. The SMILES string of the molecule is CCC(SC1=Nc2ccccc2C2=NC(=O)C(CC(C)C)N12)C(=O)NCCc1ccccc1. The maximum atomic E-state index is 13.0. The van der Waals surface area contributed by atoms with Crippen LogP contribution in [0.25, 0.3) is 0 Å². The van der Waals surface area contributed by atoms with Gasteiger partial charge in [-0.2, -0.15) is 4.99 Å². The summed E-state index contributed by atoms with van der Waals surface area (Å²) >= 11 is 1.42. The number of rotatable bonds is 8. The van der Waals surface area contributed by atoms with Gasteiger partial charge in [0.25, 0.3) is 5.91 Å². The molecule has 0 aromatic heterocycles. The Hall–Kier alpha value is -2.93. The van der Waals surface area contributed by atoms with Crippen LogP contribution >= 0.6 is 11.8 Å². The molecule has 172 valence electrons. The number of aliphatic imine (C=N–C) groups is 2. The lowest BCUT2D eigenvalue weighted by Crippen LogP contribution is -2.45. The minimum atomic E-state index is -0.377. The molecule has 2 atom stereocenters. The molecule has 2 unspecified atom stereocenters. The number of carbonyl (C=O) groups is 2. The Morgan fingerprint density at radius 3 is 2.55 bits per heavy atom. The second-order valence-corrected chi connectivity index (χ2v) is 9.91. The molecule has 1 N–H and O–H groups in total. The van der Waals surface area contributed by atoms with Crippen molar-refractivity contribution >= 4 is 40.3 Å². The molecule has 0 saturated heterocycles. The highest BCUT2D eigenvalue weighted by Gasteiger charge is 2.42. The van der Waals surface area contributed by atoms with Crippen LogP contribution in [0.2, 0.25) is 0 Å². The van der Waals surface area contributed by atoms with Crippen molar-refractivity contribution in [2.75, 3.05) is 6.54 Å². The van der Waals surface area contributed by atoms with Crippen LogP contribution in [0.3, 0.4) is 0 Å². The Kier molecular flexibility index (Phi) is 7.28. The van der Waals surface area contributed by atoms with Crippen LogP contribution in [0.1, 0.15) is 44.7 Å². The molecular weight excluding hydrogens is 432 g/mol. The van der Waals surface area contributed by atoms with Gasteiger partial charge in [0.2, 0.25) is 5.91 Å². The maximum Gasteiger partial charge on any atom is 0.270 e. The molecule has 4 rings (SSSR count). The number of carbonyl (C=O) groups excluding carboxylic acids is 2. The molecule has 0 spiro atoms. The summed E-state index contributed by atoms with van der Waals surface area (Å²) in [6.45, 7) is 6.78. The zero-order valence-electron chi connectivity index (χ0n) is 19.3. The fourth-order valence-electron chi connectivity index (χ4n) is 4.10. The molecule has 33 heavy (non-hydrogen) atoms. The molecule has 2 aromatic rings. The highest BCUT2D eigenvalue weighted by molar-refractivity contribution is 8.15. The standard InChI is InChI=1S/C26H30N4O2S/c1-4-22(25(32)27-15-14-18-10-6-5-7-11-18)33-26-28-20-13-9-8-12-19(20)23-29-24(31)21(30(23)26)16-17(2)3/h5-13,17,21-22H,4,14-16H2,1-3H3,(H,27,32). The molecule has 0 saturated carbocycles. The molecular formula is C26H30N4O2S. The van der Waals surface area contributed by atoms with Crippen LogP contribution < -0.4 is 5.32 Å². The Labute approximate surface area is 199 Å². The molecule has 0 aliphatic carbocycles. The summed E-state index contributed by atoms with van der Waals surface area (Å²) < 4.78 is 0. The average Bonchev–Trinajstić information content (AvgIpc) is 3.13. The van der Waals surface area contributed by atoms with E-state index in [9.17, 15) is 9.59 Å². The van der Waals surface area contributed by atoms with Gasteiger partial charge in [0.05, 0.1) is 10.9 Å². The molecule has 2 heterocycles. The lowest BCUT2D eigenvalue weighted by Gasteiger charge is -2.33. The first-order chi connectivity index (χ1) is 16.0. The van der Waals surface area contributed by atoms with Crippen molar-refractivity contribution in [3.8, 4) is 0 Å². The van der Waals surface area contributed by atoms with E-state index in [0.29, 0.717) is 36.3 Å². The van der Waals surface area contributed by atoms with Gasteiger partial charge in [0.15, 0.2) is 5.17 Å². The zero-order chi connectivity index (χ0) is 23.4. The van der Waals surface area contributed by atoms with Gasteiger partial charge in [-0.25, -0.2) is 4.99 Å². The van der Waals surface area contributed by atoms with Crippen LogP contribution in [0, 0.1) is 5.92 Å². The number of fused-ring (bicyclic) bond motifs is 3. The van der Waals surface area contributed by atoms with Crippen molar-refractivity contribution in [3.63, 3.8) is 0 Å². The number of nitrogens with one attached hydrogen (secondary N) is 1. The predicted molar refractivity (Wildman–Crippen MR) is 135 cm³/mol. The summed E-state index contributed by atoms with van der Waals surface area (Å²) in [6.07, 6.45) is 2.13. The second-order valence-electron chi connectivity index (χ2n) is 8.74. The lowest BCUT2D eigenvalue weighted by molar-refractivity contribution is -0.121. The van der Waals surface area contributed by atoms with Crippen molar-refractivity contribution in [2.45, 2.75) is 51.3 Å². The van der Waals surface area contributed by atoms with Gasteiger partial charge in [-0.1, -0.05) is 75.0 Å². The lowest BCUT2D eigenvalue weighted by atomic mass is 10.0. The quantitative estimate of drug-likeness (QED) is 0.624. The van der Waals surface area contributed by atoms with Crippen molar-refractivity contribution in [2.24, 2.45) is 15.9 Å². The summed E-state index contributed by atoms with van der Waals surface area (Å²) in [5.74, 6) is 0.840. The van der Waals surface area contributed by atoms with Crippen LogP contribution in [-0.4, -0.2) is 45.6 Å². The van der Waals surface area contributed by atoms with E-state index < -0.39 is 0 Å². The minimum Gasteiger partial charge on any atom is -0.355 e. The molecule has 2 aliphatic heterocycles. The maximum absolute atomic E-state index is 13.0. The van der Waals surface area contributed by atoms with E-state index in [1.54, 1.807) is 0 Å². The normalized spacial score (nSPS) is 17.9. The Morgan fingerprint density at radius 2 is 1.82 bits per heavy atom. The van der Waals surface area contributed by atoms with E-state index in [1.807, 2.05) is 54.3 Å². The summed E-state index contributed by atoms with van der Waals surface area (Å²) in [6, 6.07) is 17.5. The van der Waals surface area contributed by atoms with Crippen LogP contribution in [0.4, 0.5) is 5.69 Å². The number of para-hydroxylation sites is 1. The fraction of sp³-hybridized carbons (Fsp3) is 0.385. The third-order valence-corrected chi connectivity index (χ3v) is 7.10. The summed E-state index contributed by atoms with van der Waals surface area (Å²) in [5.41, 5.74) is 2.84. The topological polar surface area (TPSA) is 74.1 Å². The van der Waals surface area contributed by atoms with E-state index >= 15 is 0 Å². The molecule has 0 fully saturated rings. The Balaban J connectivity index is 1.52. The first-order valence-electron chi connectivity index (χ1n) is 11.6. The summed E-state index contributed by atoms with van der Waals surface area (Å²) in [4.78, 5) is 37.1. The van der Waals surface area contributed by atoms with Gasteiger partial charge in [-0.05, 0) is 42.9 Å². The highest BCUT2D eigenvalue weighted by Crippen LogP contribution is 2.37. The molecule has 7 heteroatoms. The Morgan fingerprint density at radius 1 is 1.09 bits per heavy atom. The van der Waals surface area contributed by atoms with Crippen molar-refractivity contribution in [3.05, 3.63) is 65.7 Å². The number of hydrogen-bond acceptors (Lipinski definition) is 5. The van der Waals surface area contributed by atoms with Gasteiger partial charge < -0.3 is 5.32 Å². The number of nitrogens with zero attached hydrogens (tertiary/aromatic N) is 3. The number of thioether (sulfide) groups is 1. The Bertz CT molecular complexity index is 1080. The van der Waals surface area contributed by atoms with Gasteiger partial charge >= 0.3 is 0 Å². The van der Waals surface area contributed by atoms with E-state index in [0.717, 1.165) is 17.7 Å². The summed E-state index contributed by atoms with van der Waals surface area (Å²) in [5, 5.41) is 3.44. The predicted octanol–water partition coefficient (Wildman–Crippen LogP) is 4.56. The zero-order valence-corrected chi connectivity index (χ0v) is 20.1. The molecule has 0 bridgehead atoms. The van der Waals surface area contributed by atoms with E-state index in [1.165, 1.54) is 17.3 Å². The minimum absolute atomic E-state index is 0.00980. The number of amides is 2. The van der Waals surface area contributed by atoms with Crippen LogP contribution in [-0.2, 0) is 16.0 Å². The first kappa shape index (κ1) is 23.2. The van der Waals surface area contributed by atoms with Crippen molar-refractivity contribution in [1.29, 1.82) is 0 Å². The number of amidine groups is 2. The molecule has 6 nitrogen and oxygen atoms in total. The van der Waals surface area contributed by atoms with Gasteiger partial charge in [0, 0.05) is 12.1 Å².